The first kappa shape index (κ1) is 15.0. The van der Waals surface area contributed by atoms with E-state index in [9.17, 15) is 14.7 Å². The molecular weight excluding hydrogens is 232 g/mol. The Balaban J connectivity index is 2.52. The zero-order valence-electron chi connectivity index (χ0n) is 11.3. The molecule has 1 aliphatic carbocycles. The van der Waals surface area contributed by atoms with Crippen LogP contribution in [-0.4, -0.2) is 36.1 Å². The average Bonchev–Trinajstić information content (AvgIpc) is 2.32. The van der Waals surface area contributed by atoms with Crippen LogP contribution in [-0.2, 0) is 9.59 Å². The highest BCUT2D eigenvalue weighted by Crippen LogP contribution is 2.32. The Kier molecular flexibility index (Phi) is 5.59. The van der Waals surface area contributed by atoms with Crippen LogP contribution in [0.1, 0.15) is 45.4 Å². The van der Waals surface area contributed by atoms with Gasteiger partial charge in [-0.25, -0.2) is 4.79 Å². The Morgan fingerprint density at radius 2 is 1.94 bits per heavy atom. The van der Waals surface area contributed by atoms with E-state index in [-0.39, 0.29) is 5.91 Å². The molecule has 0 unspecified atom stereocenters. The second kappa shape index (κ2) is 6.73. The van der Waals surface area contributed by atoms with Gasteiger partial charge in [-0.1, -0.05) is 6.92 Å². The fourth-order valence-electron chi connectivity index (χ4n) is 2.40. The van der Waals surface area contributed by atoms with Crippen LogP contribution in [0.25, 0.3) is 0 Å². The summed E-state index contributed by atoms with van der Waals surface area (Å²) in [5.74, 6) is -0.489. The van der Waals surface area contributed by atoms with Gasteiger partial charge in [0.2, 0.25) is 5.91 Å². The molecule has 104 valence electrons. The van der Waals surface area contributed by atoms with Crippen molar-refractivity contribution in [3.05, 3.63) is 0 Å². The summed E-state index contributed by atoms with van der Waals surface area (Å²) >= 11 is 0. The number of carbonyl (C=O) groups is 2. The quantitative estimate of drug-likeness (QED) is 0.623. The van der Waals surface area contributed by atoms with E-state index in [1.54, 1.807) is 0 Å². The van der Waals surface area contributed by atoms with Gasteiger partial charge in [0.05, 0.1) is 0 Å². The van der Waals surface area contributed by atoms with E-state index >= 15 is 0 Å². The molecule has 1 fully saturated rings. The summed E-state index contributed by atoms with van der Waals surface area (Å²) in [6.45, 7) is 2.89. The Morgan fingerprint density at radius 3 is 2.44 bits per heavy atom. The minimum Gasteiger partial charge on any atom is -0.480 e. The summed E-state index contributed by atoms with van der Waals surface area (Å²) in [6, 6.07) is 0. The van der Waals surface area contributed by atoms with Crippen molar-refractivity contribution in [2.45, 2.75) is 51.0 Å². The number of rotatable bonds is 6. The van der Waals surface area contributed by atoms with Crippen LogP contribution in [0.2, 0.25) is 0 Å². The molecule has 0 aromatic rings. The van der Waals surface area contributed by atoms with Gasteiger partial charge in [0.1, 0.15) is 5.54 Å². The Bertz CT molecular complexity index is 297. The molecule has 3 N–H and O–H groups in total. The van der Waals surface area contributed by atoms with E-state index in [1.165, 1.54) is 0 Å². The van der Waals surface area contributed by atoms with E-state index < -0.39 is 11.5 Å². The van der Waals surface area contributed by atoms with Crippen LogP contribution < -0.4 is 10.6 Å². The monoisotopic (exact) mass is 256 g/mol. The highest BCUT2D eigenvalue weighted by atomic mass is 16.4. The predicted molar refractivity (Wildman–Crippen MR) is 69.3 cm³/mol. The lowest BCUT2D eigenvalue weighted by atomic mass is 9.77. The molecule has 1 amide bonds. The Hall–Kier alpha value is -1.10. The number of aliphatic carboxylic acids is 1. The molecule has 5 nitrogen and oxygen atoms in total. The second-order valence-corrected chi connectivity index (χ2v) is 5.33. The smallest absolute Gasteiger partial charge is 0.329 e. The normalized spacial score (nSPS) is 27.8. The molecule has 0 radical (unpaired) electrons. The van der Waals surface area contributed by atoms with Crippen molar-refractivity contribution in [3.63, 3.8) is 0 Å². The van der Waals surface area contributed by atoms with Crippen LogP contribution in [0.4, 0.5) is 0 Å². The van der Waals surface area contributed by atoms with Gasteiger partial charge in [-0.3, -0.25) is 4.79 Å². The fraction of sp³-hybridized carbons (Fsp3) is 0.846. The number of carboxylic acids is 1. The lowest BCUT2D eigenvalue weighted by Gasteiger charge is -2.36. The molecule has 0 saturated heterocycles. The van der Waals surface area contributed by atoms with Crippen molar-refractivity contribution in [2.24, 2.45) is 5.92 Å². The SMILES string of the molecule is CNCCCC(=O)NC1(C(=O)O)CCC(C)CC1. The number of hydrogen-bond donors (Lipinski definition) is 3. The minimum atomic E-state index is -1.02. The lowest BCUT2D eigenvalue weighted by molar-refractivity contribution is -0.149. The molecule has 0 heterocycles. The van der Waals surface area contributed by atoms with Crippen LogP contribution in [0.15, 0.2) is 0 Å². The van der Waals surface area contributed by atoms with Crippen LogP contribution in [0.5, 0.6) is 0 Å². The largest absolute Gasteiger partial charge is 0.480 e. The molecular formula is C13H24N2O3. The average molecular weight is 256 g/mol. The predicted octanol–water partition coefficient (Wildman–Crippen LogP) is 1.14. The highest BCUT2D eigenvalue weighted by Gasteiger charge is 2.42. The first-order valence-corrected chi connectivity index (χ1v) is 6.69. The number of carbonyl (C=O) groups excluding carboxylic acids is 1. The van der Waals surface area contributed by atoms with Gasteiger partial charge >= 0.3 is 5.97 Å². The molecule has 0 aliphatic heterocycles. The number of amides is 1. The lowest BCUT2D eigenvalue weighted by Crippen LogP contribution is -2.56. The van der Waals surface area contributed by atoms with E-state index in [0.29, 0.717) is 25.2 Å². The summed E-state index contributed by atoms with van der Waals surface area (Å²) in [5, 5.41) is 15.1. The number of nitrogens with one attached hydrogen (secondary N) is 2. The van der Waals surface area contributed by atoms with E-state index in [1.807, 2.05) is 7.05 Å². The highest BCUT2D eigenvalue weighted by molar-refractivity contribution is 5.87. The van der Waals surface area contributed by atoms with Crippen LogP contribution in [0, 0.1) is 5.92 Å². The number of carboxylic acid groups (broad SMARTS) is 1. The third kappa shape index (κ3) is 3.98. The molecule has 1 aliphatic rings. The maximum atomic E-state index is 11.8. The molecule has 0 aromatic carbocycles. The molecule has 0 aromatic heterocycles. The Labute approximate surface area is 108 Å². The van der Waals surface area contributed by atoms with Gasteiger partial charge in [-0.05, 0) is 51.6 Å². The summed E-state index contributed by atoms with van der Waals surface area (Å²) in [5.41, 5.74) is -1.02. The van der Waals surface area contributed by atoms with Crippen molar-refractivity contribution < 1.29 is 14.7 Å². The zero-order chi connectivity index (χ0) is 13.6. The summed E-state index contributed by atoms with van der Waals surface area (Å²) in [4.78, 5) is 23.2. The second-order valence-electron chi connectivity index (χ2n) is 5.33. The molecule has 5 heteroatoms. The summed E-state index contributed by atoms with van der Waals surface area (Å²) in [7, 11) is 1.83. The third-order valence-corrected chi connectivity index (χ3v) is 3.75. The maximum absolute atomic E-state index is 11.8. The number of hydrogen-bond acceptors (Lipinski definition) is 3. The topological polar surface area (TPSA) is 78.4 Å². The van der Waals surface area contributed by atoms with E-state index in [2.05, 4.69) is 17.6 Å². The van der Waals surface area contributed by atoms with E-state index in [0.717, 1.165) is 25.8 Å². The standard InChI is InChI=1S/C13H24N2O3/c1-10-5-7-13(8-6-10,12(17)18)15-11(16)4-3-9-14-2/h10,14H,3-9H2,1-2H3,(H,15,16)(H,17,18). The van der Waals surface area contributed by atoms with Gasteiger partial charge in [0.25, 0.3) is 0 Å². The van der Waals surface area contributed by atoms with Crippen molar-refractivity contribution in [1.82, 2.24) is 10.6 Å². The molecule has 18 heavy (non-hydrogen) atoms. The third-order valence-electron chi connectivity index (χ3n) is 3.75. The molecule has 1 saturated carbocycles. The van der Waals surface area contributed by atoms with Crippen LogP contribution in [0.3, 0.4) is 0 Å². The summed E-state index contributed by atoms with van der Waals surface area (Å²) < 4.78 is 0. The van der Waals surface area contributed by atoms with Crippen molar-refractivity contribution in [2.75, 3.05) is 13.6 Å². The molecule has 0 spiro atoms. The zero-order valence-corrected chi connectivity index (χ0v) is 11.3. The van der Waals surface area contributed by atoms with Gasteiger partial charge in [0.15, 0.2) is 0 Å². The van der Waals surface area contributed by atoms with Crippen LogP contribution >= 0.6 is 0 Å². The van der Waals surface area contributed by atoms with Gasteiger partial charge < -0.3 is 15.7 Å². The fourth-order valence-corrected chi connectivity index (χ4v) is 2.40. The van der Waals surface area contributed by atoms with Gasteiger partial charge in [-0.15, -0.1) is 0 Å². The first-order chi connectivity index (χ1) is 8.50. The molecule has 0 atom stereocenters. The van der Waals surface area contributed by atoms with E-state index in [4.69, 9.17) is 0 Å². The van der Waals surface area contributed by atoms with Crippen molar-refractivity contribution in [3.8, 4) is 0 Å². The molecule has 0 bridgehead atoms. The first-order valence-electron chi connectivity index (χ1n) is 6.69. The van der Waals surface area contributed by atoms with Gasteiger partial charge in [0, 0.05) is 6.42 Å². The summed E-state index contributed by atoms with van der Waals surface area (Å²) in [6.07, 6.45) is 3.93. The Morgan fingerprint density at radius 1 is 1.33 bits per heavy atom. The maximum Gasteiger partial charge on any atom is 0.329 e. The van der Waals surface area contributed by atoms with Crippen molar-refractivity contribution >= 4 is 11.9 Å². The van der Waals surface area contributed by atoms with Gasteiger partial charge in [-0.2, -0.15) is 0 Å². The molecule has 1 rings (SSSR count). The van der Waals surface area contributed by atoms with Crippen molar-refractivity contribution in [1.29, 1.82) is 0 Å². The minimum absolute atomic E-state index is 0.151.